The highest BCUT2D eigenvalue weighted by Crippen LogP contribution is 2.39. The molecule has 0 unspecified atom stereocenters. The number of hydrogen-bond acceptors (Lipinski definition) is 0. The van der Waals surface area contributed by atoms with Gasteiger partial charge in [-0.2, -0.15) is 0 Å². The van der Waals surface area contributed by atoms with Crippen molar-refractivity contribution in [3.05, 3.63) is 71.9 Å². The third kappa shape index (κ3) is 1.28. The molecule has 0 radical (unpaired) electrons. The van der Waals surface area contributed by atoms with E-state index in [1.54, 1.807) is 0 Å². The second-order valence-electron chi connectivity index (χ2n) is 4.76. The van der Waals surface area contributed by atoms with Crippen LogP contribution in [0.3, 0.4) is 0 Å². The van der Waals surface area contributed by atoms with Gasteiger partial charge in [0.1, 0.15) is 0 Å². The van der Waals surface area contributed by atoms with Crippen LogP contribution in [0.4, 0.5) is 0 Å². The molecule has 1 heteroatoms. The van der Waals surface area contributed by atoms with Gasteiger partial charge in [0.05, 0.1) is 5.69 Å². The van der Waals surface area contributed by atoms with Crippen molar-refractivity contribution in [1.82, 2.24) is 4.98 Å². The number of benzene rings is 2. The fourth-order valence-electron chi connectivity index (χ4n) is 2.88. The van der Waals surface area contributed by atoms with Crippen LogP contribution in [0, 0.1) is 0 Å². The maximum absolute atomic E-state index is 3.39. The van der Waals surface area contributed by atoms with Crippen LogP contribution >= 0.6 is 0 Å². The Labute approximate surface area is 106 Å². The molecule has 1 aromatic heterocycles. The predicted octanol–water partition coefficient (Wildman–Crippen LogP) is 4.25. The summed E-state index contributed by atoms with van der Waals surface area (Å²) in [5, 5.41) is 0. The SMILES string of the molecule is c1ccc2c(c1)Cc1ccccc1-c1[nH]ccc1-2. The van der Waals surface area contributed by atoms with E-state index in [1.165, 1.54) is 33.5 Å². The zero-order chi connectivity index (χ0) is 11.9. The minimum absolute atomic E-state index is 1.01. The van der Waals surface area contributed by atoms with E-state index in [4.69, 9.17) is 0 Å². The molecule has 4 rings (SSSR count). The van der Waals surface area contributed by atoms with E-state index in [-0.39, 0.29) is 0 Å². The van der Waals surface area contributed by atoms with Crippen molar-refractivity contribution in [2.45, 2.75) is 6.42 Å². The summed E-state index contributed by atoms with van der Waals surface area (Å²) in [5.41, 5.74) is 8.04. The molecule has 86 valence electrons. The van der Waals surface area contributed by atoms with Crippen LogP contribution in [-0.2, 0) is 6.42 Å². The van der Waals surface area contributed by atoms with Crippen LogP contribution in [0.15, 0.2) is 60.8 Å². The molecule has 1 nitrogen and oxygen atoms in total. The molecule has 0 fully saturated rings. The second kappa shape index (κ2) is 3.61. The minimum Gasteiger partial charge on any atom is -0.361 e. The Morgan fingerprint density at radius 2 is 1.33 bits per heavy atom. The van der Waals surface area contributed by atoms with Gasteiger partial charge in [0, 0.05) is 17.3 Å². The number of H-pyrrole nitrogens is 1. The molecule has 0 atom stereocenters. The Balaban J connectivity index is 2.12. The van der Waals surface area contributed by atoms with E-state index >= 15 is 0 Å². The maximum atomic E-state index is 3.39. The Kier molecular flexibility index (Phi) is 1.95. The highest BCUT2D eigenvalue weighted by atomic mass is 14.7. The summed E-state index contributed by atoms with van der Waals surface area (Å²) in [6.07, 6.45) is 3.04. The summed E-state index contributed by atoms with van der Waals surface area (Å²) in [7, 11) is 0. The lowest BCUT2D eigenvalue weighted by Crippen LogP contribution is -1.89. The van der Waals surface area contributed by atoms with Gasteiger partial charge in [0.25, 0.3) is 0 Å². The van der Waals surface area contributed by atoms with Crippen LogP contribution in [0.5, 0.6) is 0 Å². The number of aromatic nitrogens is 1. The van der Waals surface area contributed by atoms with Crippen molar-refractivity contribution in [3.8, 4) is 22.4 Å². The molecule has 1 aliphatic carbocycles. The Hall–Kier alpha value is -2.28. The molecule has 0 amide bonds. The summed E-state index contributed by atoms with van der Waals surface area (Å²) in [6.45, 7) is 0. The van der Waals surface area contributed by atoms with Crippen molar-refractivity contribution >= 4 is 0 Å². The van der Waals surface area contributed by atoms with Gasteiger partial charge in [-0.1, -0.05) is 48.5 Å². The van der Waals surface area contributed by atoms with E-state index in [2.05, 4.69) is 59.6 Å². The van der Waals surface area contributed by atoms with Gasteiger partial charge in [0.2, 0.25) is 0 Å². The summed E-state index contributed by atoms with van der Waals surface area (Å²) in [6, 6.07) is 19.5. The van der Waals surface area contributed by atoms with E-state index in [0.717, 1.165) is 6.42 Å². The number of aromatic amines is 1. The van der Waals surface area contributed by atoms with Crippen LogP contribution in [-0.4, -0.2) is 4.98 Å². The fraction of sp³-hybridized carbons (Fsp3) is 0.0588. The zero-order valence-corrected chi connectivity index (χ0v) is 9.98. The molecule has 0 aliphatic heterocycles. The molecule has 1 heterocycles. The van der Waals surface area contributed by atoms with E-state index in [9.17, 15) is 0 Å². The molecule has 0 bridgehead atoms. The van der Waals surface area contributed by atoms with Crippen molar-refractivity contribution < 1.29 is 0 Å². The molecular weight excluding hydrogens is 218 g/mol. The molecule has 1 N–H and O–H groups in total. The average molecular weight is 231 g/mol. The first-order chi connectivity index (χ1) is 8.93. The smallest absolute Gasteiger partial charge is 0.0536 e. The largest absolute Gasteiger partial charge is 0.361 e. The lowest BCUT2D eigenvalue weighted by atomic mass is 9.99. The first-order valence-corrected chi connectivity index (χ1v) is 6.27. The third-order valence-corrected chi connectivity index (χ3v) is 3.72. The number of nitrogens with one attached hydrogen (secondary N) is 1. The summed E-state index contributed by atoms with van der Waals surface area (Å²) in [4.78, 5) is 3.39. The van der Waals surface area contributed by atoms with Gasteiger partial charge in [-0.15, -0.1) is 0 Å². The Bertz CT molecular complexity index is 662. The van der Waals surface area contributed by atoms with Crippen LogP contribution in [0.25, 0.3) is 22.4 Å². The second-order valence-corrected chi connectivity index (χ2v) is 4.76. The summed E-state index contributed by atoms with van der Waals surface area (Å²) >= 11 is 0. The molecular formula is C17H13N. The Morgan fingerprint density at radius 1 is 0.667 bits per heavy atom. The number of rotatable bonds is 0. The first kappa shape index (κ1) is 9.72. The van der Waals surface area contributed by atoms with Crippen molar-refractivity contribution in [2.24, 2.45) is 0 Å². The molecule has 0 saturated heterocycles. The van der Waals surface area contributed by atoms with E-state index < -0.39 is 0 Å². The highest BCUT2D eigenvalue weighted by molar-refractivity contribution is 5.86. The van der Waals surface area contributed by atoms with Crippen molar-refractivity contribution in [1.29, 1.82) is 0 Å². The van der Waals surface area contributed by atoms with E-state index in [1.807, 2.05) is 6.20 Å². The van der Waals surface area contributed by atoms with Crippen LogP contribution in [0.1, 0.15) is 11.1 Å². The molecule has 1 aliphatic rings. The third-order valence-electron chi connectivity index (χ3n) is 3.72. The lowest BCUT2D eigenvalue weighted by molar-refractivity contribution is 1.20. The molecule has 18 heavy (non-hydrogen) atoms. The molecule has 2 aromatic carbocycles. The highest BCUT2D eigenvalue weighted by Gasteiger charge is 2.18. The van der Waals surface area contributed by atoms with Gasteiger partial charge in [-0.25, -0.2) is 0 Å². The van der Waals surface area contributed by atoms with Crippen molar-refractivity contribution in [2.75, 3.05) is 0 Å². The van der Waals surface area contributed by atoms with Gasteiger partial charge in [-0.3, -0.25) is 0 Å². The van der Waals surface area contributed by atoms with Gasteiger partial charge in [0.15, 0.2) is 0 Å². The zero-order valence-electron chi connectivity index (χ0n) is 9.98. The monoisotopic (exact) mass is 231 g/mol. The van der Waals surface area contributed by atoms with Crippen LogP contribution < -0.4 is 0 Å². The molecule has 0 spiro atoms. The van der Waals surface area contributed by atoms with Gasteiger partial charge >= 0.3 is 0 Å². The quantitative estimate of drug-likeness (QED) is 0.465. The number of hydrogen-bond donors (Lipinski definition) is 1. The summed E-state index contributed by atoms with van der Waals surface area (Å²) < 4.78 is 0. The van der Waals surface area contributed by atoms with Gasteiger partial charge in [-0.05, 0) is 29.2 Å². The standard InChI is InChI=1S/C17H13N/c1-3-7-14-12(5-1)11-13-6-2-4-8-15(13)17-16(14)9-10-18-17/h1-10,18H,11H2. The summed E-state index contributed by atoms with van der Waals surface area (Å²) in [5.74, 6) is 0. The van der Waals surface area contributed by atoms with Crippen LogP contribution in [0.2, 0.25) is 0 Å². The average Bonchev–Trinajstić information content (AvgIpc) is 2.84. The predicted molar refractivity (Wildman–Crippen MR) is 74.5 cm³/mol. The normalized spacial score (nSPS) is 12.2. The minimum atomic E-state index is 1.01. The molecule has 0 saturated carbocycles. The number of fused-ring (bicyclic) bond motifs is 5. The van der Waals surface area contributed by atoms with Gasteiger partial charge < -0.3 is 4.98 Å². The Morgan fingerprint density at radius 3 is 2.17 bits per heavy atom. The fourth-order valence-corrected chi connectivity index (χ4v) is 2.88. The first-order valence-electron chi connectivity index (χ1n) is 6.27. The van der Waals surface area contributed by atoms with E-state index in [0.29, 0.717) is 0 Å². The topological polar surface area (TPSA) is 15.8 Å². The molecule has 3 aromatic rings. The maximum Gasteiger partial charge on any atom is 0.0536 e. The lowest BCUT2D eigenvalue weighted by Gasteiger charge is -2.05. The van der Waals surface area contributed by atoms with Crippen molar-refractivity contribution in [3.63, 3.8) is 0 Å².